The molecule has 1 aliphatic heterocycles. The van der Waals surface area contributed by atoms with Crippen molar-refractivity contribution in [2.75, 3.05) is 25.7 Å². The van der Waals surface area contributed by atoms with Gasteiger partial charge in [-0.2, -0.15) is 4.98 Å². The van der Waals surface area contributed by atoms with Gasteiger partial charge in [-0.25, -0.2) is 0 Å². The molecule has 144 valence electrons. The van der Waals surface area contributed by atoms with Crippen LogP contribution in [-0.4, -0.2) is 36.8 Å². The van der Waals surface area contributed by atoms with Crippen LogP contribution >= 0.6 is 11.6 Å². The number of aromatic nitrogens is 2. The van der Waals surface area contributed by atoms with Gasteiger partial charge in [0.1, 0.15) is 11.5 Å². The second kappa shape index (κ2) is 7.52. The van der Waals surface area contributed by atoms with Crippen molar-refractivity contribution in [1.29, 1.82) is 0 Å². The monoisotopic (exact) mass is 399 g/mol. The average Bonchev–Trinajstić information content (AvgIpc) is 3.35. The SMILES string of the molecule is COc1ccc(-c2noc([C@@H]3CC(=O)N(c4cc(Cl)ccc4OC)C3)n2)cc1. The maximum Gasteiger partial charge on any atom is 0.232 e. The minimum atomic E-state index is -0.198. The summed E-state index contributed by atoms with van der Waals surface area (Å²) in [5.41, 5.74) is 1.45. The highest BCUT2D eigenvalue weighted by atomic mass is 35.5. The standard InChI is InChI=1S/C20H18ClN3O4/c1-26-15-6-3-12(4-7-15)19-22-20(28-23-19)13-9-18(25)24(11-13)16-10-14(21)5-8-17(16)27-2/h3-8,10,13H,9,11H2,1-2H3/t13-/m1/s1. The van der Waals surface area contributed by atoms with Crippen LogP contribution in [0.4, 0.5) is 5.69 Å². The summed E-state index contributed by atoms with van der Waals surface area (Å²) >= 11 is 6.10. The van der Waals surface area contributed by atoms with E-state index in [0.717, 1.165) is 11.3 Å². The molecule has 2 aromatic carbocycles. The first-order chi connectivity index (χ1) is 13.6. The Labute approximate surface area is 166 Å². The van der Waals surface area contributed by atoms with Crippen LogP contribution in [0.25, 0.3) is 11.4 Å². The summed E-state index contributed by atoms with van der Waals surface area (Å²) in [6.07, 6.45) is 0.278. The first-order valence-electron chi connectivity index (χ1n) is 8.71. The quantitative estimate of drug-likeness (QED) is 0.647. The van der Waals surface area contributed by atoms with Crippen LogP contribution in [-0.2, 0) is 4.79 Å². The van der Waals surface area contributed by atoms with Crippen molar-refractivity contribution in [2.24, 2.45) is 0 Å². The Hall–Kier alpha value is -3.06. The first-order valence-corrected chi connectivity index (χ1v) is 9.08. The van der Waals surface area contributed by atoms with E-state index >= 15 is 0 Å². The number of benzene rings is 2. The van der Waals surface area contributed by atoms with E-state index in [4.69, 9.17) is 25.6 Å². The third kappa shape index (κ3) is 3.41. The summed E-state index contributed by atoms with van der Waals surface area (Å²) in [5, 5.41) is 4.59. The summed E-state index contributed by atoms with van der Waals surface area (Å²) in [6.45, 7) is 0.416. The molecule has 0 radical (unpaired) electrons. The number of hydrogen-bond acceptors (Lipinski definition) is 6. The van der Waals surface area contributed by atoms with E-state index in [1.54, 1.807) is 37.3 Å². The van der Waals surface area contributed by atoms with E-state index in [1.165, 1.54) is 0 Å². The van der Waals surface area contributed by atoms with Gasteiger partial charge in [0.05, 0.1) is 25.8 Å². The van der Waals surface area contributed by atoms with Gasteiger partial charge in [0.25, 0.3) is 0 Å². The Balaban J connectivity index is 1.56. The molecule has 8 heteroatoms. The fraction of sp³-hybridized carbons (Fsp3) is 0.250. The molecular weight excluding hydrogens is 382 g/mol. The summed E-state index contributed by atoms with van der Waals surface area (Å²) in [5.74, 6) is 2.00. The van der Waals surface area contributed by atoms with Gasteiger partial charge < -0.3 is 18.9 Å². The molecule has 1 fully saturated rings. The fourth-order valence-electron chi connectivity index (χ4n) is 3.24. The van der Waals surface area contributed by atoms with Gasteiger partial charge in [0, 0.05) is 23.6 Å². The highest BCUT2D eigenvalue weighted by Gasteiger charge is 2.36. The number of methoxy groups -OCH3 is 2. The number of carbonyl (C=O) groups excluding carboxylic acids is 1. The van der Waals surface area contributed by atoms with Crippen molar-refractivity contribution in [2.45, 2.75) is 12.3 Å². The zero-order valence-corrected chi connectivity index (χ0v) is 16.1. The Morgan fingerprint density at radius 1 is 1.14 bits per heavy atom. The summed E-state index contributed by atoms with van der Waals surface area (Å²) < 4.78 is 16.0. The molecule has 1 atom stereocenters. The zero-order chi connectivity index (χ0) is 19.7. The van der Waals surface area contributed by atoms with E-state index in [-0.39, 0.29) is 18.2 Å². The molecule has 1 aliphatic rings. The normalized spacial score (nSPS) is 16.5. The summed E-state index contributed by atoms with van der Waals surface area (Å²) in [6, 6.07) is 12.6. The van der Waals surface area contributed by atoms with Crippen LogP contribution in [0.1, 0.15) is 18.2 Å². The van der Waals surface area contributed by atoms with Crippen LogP contribution in [0.3, 0.4) is 0 Å². The molecule has 0 saturated carbocycles. The Morgan fingerprint density at radius 2 is 1.93 bits per heavy atom. The minimum Gasteiger partial charge on any atom is -0.497 e. The smallest absolute Gasteiger partial charge is 0.232 e. The fourth-order valence-corrected chi connectivity index (χ4v) is 3.40. The van der Waals surface area contributed by atoms with Crippen molar-refractivity contribution in [3.8, 4) is 22.9 Å². The van der Waals surface area contributed by atoms with Gasteiger partial charge in [-0.1, -0.05) is 16.8 Å². The molecule has 1 aromatic heterocycles. The summed E-state index contributed by atoms with van der Waals surface area (Å²) in [7, 11) is 3.17. The average molecular weight is 400 g/mol. The predicted octanol–water partition coefficient (Wildman–Crippen LogP) is 3.93. The lowest BCUT2D eigenvalue weighted by atomic mass is 10.1. The number of carbonyl (C=O) groups is 1. The van der Waals surface area contributed by atoms with Crippen molar-refractivity contribution < 1.29 is 18.8 Å². The maximum absolute atomic E-state index is 12.6. The van der Waals surface area contributed by atoms with Crippen molar-refractivity contribution in [3.05, 3.63) is 53.4 Å². The molecule has 7 nitrogen and oxygen atoms in total. The number of halogens is 1. The second-order valence-corrected chi connectivity index (χ2v) is 6.84. The largest absolute Gasteiger partial charge is 0.497 e. The lowest BCUT2D eigenvalue weighted by Crippen LogP contribution is -2.24. The Bertz CT molecular complexity index is 1000. The molecule has 0 unspecified atom stereocenters. The molecule has 0 N–H and O–H groups in total. The molecule has 1 amide bonds. The molecule has 1 saturated heterocycles. The zero-order valence-electron chi connectivity index (χ0n) is 15.4. The van der Waals surface area contributed by atoms with E-state index < -0.39 is 0 Å². The molecule has 2 heterocycles. The van der Waals surface area contributed by atoms with Crippen molar-refractivity contribution in [1.82, 2.24) is 10.1 Å². The summed E-state index contributed by atoms with van der Waals surface area (Å²) in [4.78, 5) is 18.7. The van der Waals surface area contributed by atoms with Crippen molar-refractivity contribution >= 4 is 23.2 Å². The molecule has 4 rings (SSSR count). The lowest BCUT2D eigenvalue weighted by molar-refractivity contribution is -0.117. The second-order valence-electron chi connectivity index (χ2n) is 6.41. The number of anilines is 1. The minimum absolute atomic E-state index is 0.0465. The Morgan fingerprint density at radius 3 is 2.64 bits per heavy atom. The van der Waals surface area contributed by atoms with Crippen LogP contribution in [0.5, 0.6) is 11.5 Å². The topological polar surface area (TPSA) is 77.7 Å². The number of ether oxygens (including phenoxy) is 2. The number of nitrogens with zero attached hydrogens (tertiary/aromatic N) is 3. The van der Waals surface area contributed by atoms with Gasteiger partial charge in [-0.15, -0.1) is 0 Å². The van der Waals surface area contributed by atoms with E-state index in [0.29, 0.717) is 34.7 Å². The van der Waals surface area contributed by atoms with E-state index in [9.17, 15) is 4.79 Å². The van der Waals surface area contributed by atoms with E-state index in [2.05, 4.69) is 10.1 Å². The van der Waals surface area contributed by atoms with Gasteiger partial charge in [0.15, 0.2) is 0 Å². The molecule has 0 spiro atoms. The molecule has 3 aromatic rings. The van der Waals surface area contributed by atoms with Crippen LogP contribution in [0.15, 0.2) is 47.0 Å². The number of amides is 1. The van der Waals surface area contributed by atoms with Gasteiger partial charge in [-0.05, 0) is 42.5 Å². The third-order valence-electron chi connectivity index (χ3n) is 4.70. The highest BCUT2D eigenvalue weighted by molar-refractivity contribution is 6.31. The highest BCUT2D eigenvalue weighted by Crippen LogP contribution is 2.38. The van der Waals surface area contributed by atoms with Gasteiger partial charge in [-0.3, -0.25) is 4.79 Å². The molecular formula is C20H18ClN3O4. The first kappa shape index (κ1) is 18.3. The maximum atomic E-state index is 12.6. The molecule has 0 aliphatic carbocycles. The lowest BCUT2D eigenvalue weighted by Gasteiger charge is -2.19. The number of hydrogen-bond donors (Lipinski definition) is 0. The number of rotatable bonds is 5. The van der Waals surface area contributed by atoms with Crippen LogP contribution in [0.2, 0.25) is 5.02 Å². The van der Waals surface area contributed by atoms with Crippen molar-refractivity contribution in [3.63, 3.8) is 0 Å². The van der Waals surface area contributed by atoms with Gasteiger partial charge in [0.2, 0.25) is 17.6 Å². The predicted molar refractivity (Wildman–Crippen MR) is 104 cm³/mol. The Kier molecular flexibility index (Phi) is 4.92. The molecule has 0 bridgehead atoms. The van der Waals surface area contributed by atoms with Crippen LogP contribution in [0, 0.1) is 0 Å². The van der Waals surface area contributed by atoms with Crippen LogP contribution < -0.4 is 14.4 Å². The van der Waals surface area contributed by atoms with E-state index in [1.807, 2.05) is 24.3 Å². The van der Waals surface area contributed by atoms with Gasteiger partial charge >= 0.3 is 0 Å². The molecule has 28 heavy (non-hydrogen) atoms. The third-order valence-corrected chi connectivity index (χ3v) is 4.93.